The predicted molar refractivity (Wildman–Crippen MR) is 88.6 cm³/mol. The molecule has 2 rings (SSSR count). The molecule has 1 aliphatic carbocycles. The minimum absolute atomic E-state index is 0.188. The Morgan fingerprint density at radius 1 is 1.19 bits per heavy atom. The van der Waals surface area contributed by atoms with Crippen molar-refractivity contribution in [3.05, 3.63) is 28.7 Å². The van der Waals surface area contributed by atoms with Crippen LogP contribution in [0, 0.1) is 0 Å². The average Bonchev–Trinajstić information content (AvgIpc) is 2.77. The van der Waals surface area contributed by atoms with Crippen LogP contribution in [0.25, 0.3) is 0 Å². The van der Waals surface area contributed by atoms with Gasteiger partial charge in [0.1, 0.15) is 5.60 Å². The Morgan fingerprint density at radius 2 is 1.81 bits per heavy atom. The van der Waals surface area contributed by atoms with Crippen molar-refractivity contribution in [2.24, 2.45) is 0 Å². The number of alkyl carbamates (subject to hydrolysis) is 1. The molecule has 1 aliphatic rings. The first kappa shape index (κ1) is 16.1. The Morgan fingerprint density at radius 3 is 2.43 bits per heavy atom. The van der Waals surface area contributed by atoms with Crippen molar-refractivity contribution in [2.45, 2.75) is 57.7 Å². The first-order valence-corrected chi connectivity index (χ1v) is 8.13. The maximum atomic E-state index is 11.8. The van der Waals surface area contributed by atoms with E-state index >= 15 is 0 Å². The van der Waals surface area contributed by atoms with Crippen molar-refractivity contribution in [1.82, 2.24) is 5.32 Å². The topological polar surface area (TPSA) is 50.4 Å². The normalized spacial score (nSPS) is 21.9. The zero-order chi connectivity index (χ0) is 15.5. The van der Waals surface area contributed by atoms with Crippen molar-refractivity contribution in [1.29, 1.82) is 0 Å². The third-order valence-corrected chi connectivity index (χ3v) is 3.90. The largest absolute Gasteiger partial charge is 0.444 e. The summed E-state index contributed by atoms with van der Waals surface area (Å²) >= 11 is 3.43. The number of rotatable bonds is 3. The molecule has 0 aromatic heterocycles. The molecule has 2 atom stereocenters. The van der Waals surface area contributed by atoms with Gasteiger partial charge in [-0.2, -0.15) is 0 Å². The molecule has 0 radical (unpaired) electrons. The molecular formula is C16H23BrN2O2. The monoisotopic (exact) mass is 354 g/mol. The SMILES string of the molecule is CC(C)(C)OC(=O)NC1CCC(Nc2ccc(Br)cc2)C1. The summed E-state index contributed by atoms with van der Waals surface area (Å²) in [5, 5.41) is 6.46. The summed E-state index contributed by atoms with van der Waals surface area (Å²) in [6.45, 7) is 5.62. The number of ether oxygens (including phenoxy) is 1. The zero-order valence-corrected chi connectivity index (χ0v) is 14.4. The second-order valence-corrected chi connectivity index (χ2v) is 7.42. The Kier molecular flexibility index (Phi) is 5.14. The van der Waals surface area contributed by atoms with Crippen molar-refractivity contribution in [2.75, 3.05) is 5.32 Å². The van der Waals surface area contributed by atoms with Crippen LogP contribution in [0.5, 0.6) is 0 Å². The second kappa shape index (κ2) is 6.69. The van der Waals surface area contributed by atoms with Crippen molar-refractivity contribution in [3.8, 4) is 0 Å². The van der Waals surface area contributed by atoms with Gasteiger partial charge in [-0.25, -0.2) is 4.79 Å². The van der Waals surface area contributed by atoms with Gasteiger partial charge in [-0.15, -0.1) is 0 Å². The summed E-state index contributed by atoms with van der Waals surface area (Å²) in [6, 6.07) is 8.73. The lowest BCUT2D eigenvalue weighted by molar-refractivity contribution is 0.0505. The van der Waals surface area contributed by atoms with Gasteiger partial charge in [0.05, 0.1) is 0 Å². The minimum atomic E-state index is -0.447. The number of anilines is 1. The van der Waals surface area contributed by atoms with E-state index in [4.69, 9.17) is 4.74 Å². The first-order chi connectivity index (χ1) is 9.82. The molecule has 0 aliphatic heterocycles. The van der Waals surface area contributed by atoms with Gasteiger partial charge >= 0.3 is 6.09 Å². The van der Waals surface area contributed by atoms with Crippen LogP contribution in [0.3, 0.4) is 0 Å². The smallest absolute Gasteiger partial charge is 0.407 e. The first-order valence-electron chi connectivity index (χ1n) is 7.33. The van der Waals surface area contributed by atoms with Crippen molar-refractivity contribution >= 4 is 27.7 Å². The quantitative estimate of drug-likeness (QED) is 0.850. The van der Waals surface area contributed by atoms with E-state index in [-0.39, 0.29) is 12.1 Å². The number of amides is 1. The van der Waals surface area contributed by atoms with Gasteiger partial charge in [0, 0.05) is 22.2 Å². The van der Waals surface area contributed by atoms with Crippen LogP contribution in [-0.2, 0) is 4.74 Å². The average molecular weight is 355 g/mol. The van der Waals surface area contributed by atoms with Crippen LogP contribution in [0.15, 0.2) is 28.7 Å². The van der Waals surface area contributed by atoms with Crippen LogP contribution in [0.1, 0.15) is 40.0 Å². The summed E-state index contributed by atoms with van der Waals surface area (Å²) in [4.78, 5) is 11.8. The maximum absolute atomic E-state index is 11.8. The fourth-order valence-corrected chi connectivity index (χ4v) is 2.76. The van der Waals surface area contributed by atoms with Crippen LogP contribution >= 0.6 is 15.9 Å². The Bertz CT molecular complexity index is 482. The van der Waals surface area contributed by atoms with E-state index < -0.39 is 5.60 Å². The molecule has 1 aromatic carbocycles. The molecule has 0 saturated heterocycles. The van der Waals surface area contributed by atoms with Gasteiger partial charge in [-0.05, 0) is 64.3 Å². The lowest BCUT2D eigenvalue weighted by Crippen LogP contribution is -2.38. The number of benzene rings is 1. The highest BCUT2D eigenvalue weighted by Crippen LogP contribution is 2.24. The molecule has 1 fully saturated rings. The lowest BCUT2D eigenvalue weighted by Gasteiger charge is -2.22. The summed E-state index contributed by atoms with van der Waals surface area (Å²) in [5.74, 6) is 0. The highest BCUT2D eigenvalue weighted by molar-refractivity contribution is 9.10. The van der Waals surface area contributed by atoms with E-state index in [0.717, 1.165) is 29.4 Å². The van der Waals surface area contributed by atoms with Gasteiger partial charge < -0.3 is 15.4 Å². The van der Waals surface area contributed by atoms with Gasteiger partial charge in [0.2, 0.25) is 0 Å². The minimum Gasteiger partial charge on any atom is -0.444 e. The Balaban J connectivity index is 1.78. The van der Waals surface area contributed by atoms with Gasteiger partial charge in [0.15, 0.2) is 0 Å². The fourth-order valence-electron chi connectivity index (χ4n) is 2.50. The molecule has 0 spiro atoms. The molecule has 0 bridgehead atoms. The van der Waals surface area contributed by atoms with Crippen LogP contribution in [-0.4, -0.2) is 23.8 Å². The van der Waals surface area contributed by atoms with Crippen LogP contribution in [0.2, 0.25) is 0 Å². The summed E-state index contributed by atoms with van der Waals surface area (Å²) in [7, 11) is 0. The molecular weight excluding hydrogens is 332 g/mol. The third kappa shape index (κ3) is 5.58. The Labute approximate surface area is 134 Å². The van der Waals surface area contributed by atoms with Gasteiger partial charge in [-0.1, -0.05) is 15.9 Å². The van der Waals surface area contributed by atoms with E-state index in [2.05, 4.69) is 38.7 Å². The number of carbonyl (C=O) groups is 1. The van der Waals surface area contributed by atoms with E-state index in [9.17, 15) is 4.79 Å². The van der Waals surface area contributed by atoms with E-state index in [1.807, 2.05) is 32.9 Å². The molecule has 1 aromatic rings. The molecule has 1 amide bonds. The number of hydrogen-bond donors (Lipinski definition) is 2. The Hall–Kier alpha value is -1.23. The number of hydrogen-bond acceptors (Lipinski definition) is 3. The highest BCUT2D eigenvalue weighted by Gasteiger charge is 2.27. The molecule has 1 saturated carbocycles. The van der Waals surface area contributed by atoms with Gasteiger partial charge in [0.25, 0.3) is 0 Å². The third-order valence-electron chi connectivity index (χ3n) is 3.37. The van der Waals surface area contributed by atoms with Crippen molar-refractivity contribution < 1.29 is 9.53 Å². The number of carbonyl (C=O) groups excluding carboxylic acids is 1. The number of halogens is 1. The van der Waals surface area contributed by atoms with E-state index in [1.54, 1.807) is 0 Å². The van der Waals surface area contributed by atoms with Crippen LogP contribution in [0.4, 0.5) is 10.5 Å². The van der Waals surface area contributed by atoms with Crippen molar-refractivity contribution in [3.63, 3.8) is 0 Å². The number of nitrogens with one attached hydrogen (secondary N) is 2. The molecule has 116 valence electrons. The zero-order valence-electron chi connectivity index (χ0n) is 12.8. The molecule has 21 heavy (non-hydrogen) atoms. The molecule has 4 nitrogen and oxygen atoms in total. The maximum Gasteiger partial charge on any atom is 0.407 e. The second-order valence-electron chi connectivity index (χ2n) is 6.50. The highest BCUT2D eigenvalue weighted by atomic mass is 79.9. The lowest BCUT2D eigenvalue weighted by atomic mass is 10.2. The molecule has 2 N–H and O–H groups in total. The van der Waals surface area contributed by atoms with Gasteiger partial charge in [-0.3, -0.25) is 0 Å². The molecule has 2 unspecified atom stereocenters. The van der Waals surface area contributed by atoms with E-state index in [1.165, 1.54) is 0 Å². The molecule has 5 heteroatoms. The van der Waals surface area contributed by atoms with E-state index in [0.29, 0.717) is 6.04 Å². The fraction of sp³-hybridized carbons (Fsp3) is 0.562. The predicted octanol–water partition coefficient (Wildman–Crippen LogP) is 4.31. The summed E-state index contributed by atoms with van der Waals surface area (Å²) < 4.78 is 6.36. The van der Waals surface area contributed by atoms with Crippen LogP contribution < -0.4 is 10.6 Å². The molecule has 0 heterocycles. The summed E-state index contributed by atoms with van der Waals surface area (Å²) in [5.41, 5.74) is 0.665. The summed E-state index contributed by atoms with van der Waals surface area (Å²) in [6.07, 6.45) is 2.64. The standard InChI is InChI=1S/C16H23BrN2O2/c1-16(2,3)21-15(20)19-14-9-8-13(10-14)18-12-6-4-11(17)5-7-12/h4-7,13-14,18H,8-10H2,1-3H3,(H,19,20).